The van der Waals surface area contributed by atoms with Gasteiger partial charge in [-0.2, -0.15) is 0 Å². The van der Waals surface area contributed by atoms with E-state index in [9.17, 15) is 10.1 Å². The summed E-state index contributed by atoms with van der Waals surface area (Å²) < 4.78 is 0. The number of nitro groups is 1. The number of anilines is 1. The summed E-state index contributed by atoms with van der Waals surface area (Å²) in [5, 5.41) is 14.0. The zero-order valence-electron chi connectivity index (χ0n) is 10.9. The number of nitro benzene ring substituents is 1. The third kappa shape index (κ3) is 3.07. The molecule has 0 saturated heterocycles. The van der Waals surface area contributed by atoms with Crippen LogP contribution >= 0.6 is 0 Å². The van der Waals surface area contributed by atoms with Gasteiger partial charge in [-0.25, -0.2) is 0 Å². The lowest BCUT2D eigenvalue weighted by atomic mass is 10.1. The maximum Gasteiger partial charge on any atom is 0.272 e. The van der Waals surface area contributed by atoms with Crippen molar-refractivity contribution in [1.82, 2.24) is 4.98 Å². The summed E-state index contributed by atoms with van der Waals surface area (Å²) in [7, 11) is 0. The van der Waals surface area contributed by atoms with E-state index < -0.39 is 0 Å². The number of benzene rings is 1. The lowest BCUT2D eigenvalue weighted by Gasteiger charge is -2.08. The van der Waals surface area contributed by atoms with Gasteiger partial charge >= 0.3 is 0 Å². The molecule has 2 rings (SSSR count). The molecule has 0 aliphatic carbocycles. The van der Waals surface area contributed by atoms with Crippen LogP contribution in [0.5, 0.6) is 0 Å². The van der Waals surface area contributed by atoms with E-state index >= 15 is 0 Å². The minimum atomic E-state index is -0.373. The predicted molar refractivity (Wildman–Crippen MR) is 74.1 cm³/mol. The van der Waals surface area contributed by atoms with Crippen molar-refractivity contribution in [3.8, 4) is 0 Å². The van der Waals surface area contributed by atoms with Crippen LogP contribution < -0.4 is 5.32 Å². The molecule has 1 aromatic carbocycles. The molecule has 0 saturated carbocycles. The minimum Gasteiger partial charge on any atom is -0.379 e. The smallest absolute Gasteiger partial charge is 0.272 e. The second-order valence-corrected chi connectivity index (χ2v) is 4.38. The zero-order valence-corrected chi connectivity index (χ0v) is 10.9. The van der Waals surface area contributed by atoms with Crippen molar-refractivity contribution in [3.05, 3.63) is 63.5 Å². The molecule has 0 spiro atoms. The quantitative estimate of drug-likeness (QED) is 0.674. The largest absolute Gasteiger partial charge is 0.379 e. The number of aryl methyl sites for hydroxylation is 2. The van der Waals surface area contributed by atoms with Crippen molar-refractivity contribution in [1.29, 1.82) is 0 Å². The van der Waals surface area contributed by atoms with Gasteiger partial charge in [-0.05, 0) is 37.6 Å². The maximum absolute atomic E-state index is 10.7. The SMILES string of the molecule is Cc1cc(NCc2ncccc2C)ccc1[N+](=O)[O-]. The molecule has 0 unspecified atom stereocenters. The molecule has 5 heteroatoms. The number of aromatic nitrogens is 1. The van der Waals surface area contributed by atoms with E-state index in [1.807, 2.05) is 19.1 Å². The highest BCUT2D eigenvalue weighted by molar-refractivity contribution is 5.53. The number of hydrogen-bond acceptors (Lipinski definition) is 4. The first-order chi connectivity index (χ1) is 9.08. The Morgan fingerprint density at radius 1 is 1.26 bits per heavy atom. The summed E-state index contributed by atoms with van der Waals surface area (Å²) in [6, 6.07) is 8.91. The fourth-order valence-corrected chi connectivity index (χ4v) is 1.86. The number of pyridine rings is 1. The molecule has 0 amide bonds. The molecule has 0 radical (unpaired) electrons. The van der Waals surface area contributed by atoms with Gasteiger partial charge in [0.25, 0.3) is 5.69 Å². The summed E-state index contributed by atoms with van der Waals surface area (Å²) in [4.78, 5) is 14.7. The highest BCUT2D eigenvalue weighted by atomic mass is 16.6. The van der Waals surface area contributed by atoms with Gasteiger partial charge in [-0.15, -0.1) is 0 Å². The molecule has 1 aromatic heterocycles. The molecule has 19 heavy (non-hydrogen) atoms. The maximum atomic E-state index is 10.7. The molecular weight excluding hydrogens is 242 g/mol. The third-order valence-electron chi connectivity index (χ3n) is 2.97. The van der Waals surface area contributed by atoms with E-state index in [1.165, 1.54) is 6.07 Å². The monoisotopic (exact) mass is 257 g/mol. The van der Waals surface area contributed by atoms with E-state index in [-0.39, 0.29) is 10.6 Å². The normalized spacial score (nSPS) is 10.2. The molecule has 2 aromatic rings. The van der Waals surface area contributed by atoms with Gasteiger partial charge in [-0.3, -0.25) is 15.1 Å². The first kappa shape index (κ1) is 13.0. The van der Waals surface area contributed by atoms with E-state index in [0.29, 0.717) is 12.1 Å². The van der Waals surface area contributed by atoms with Crippen LogP contribution in [0.1, 0.15) is 16.8 Å². The van der Waals surface area contributed by atoms with Crippen LogP contribution in [0.2, 0.25) is 0 Å². The summed E-state index contributed by atoms with van der Waals surface area (Å²) in [6.07, 6.45) is 1.76. The number of hydrogen-bond donors (Lipinski definition) is 1. The van der Waals surface area contributed by atoms with Gasteiger partial charge in [-0.1, -0.05) is 6.07 Å². The van der Waals surface area contributed by atoms with E-state index in [1.54, 1.807) is 25.3 Å². The van der Waals surface area contributed by atoms with Gasteiger partial charge < -0.3 is 5.32 Å². The van der Waals surface area contributed by atoms with Crippen molar-refractivity contribution in [2.45, 2.75) is 20.4 Å². The first-order valence-electron chi connectivity index (χ1n) is 5.97. The van der Waals surface area contributed by atoms with Crippen LogP contribution in [0.25, 0.3) is 0 Å². The Kier molecular flexibility index (Phi) is 3.75. The average Bonchev–Trinajstić information content (AvgIpc) is 2.37. The van der Waals surface area contributed by atoms with Crippen LogP contribution in [-0.4, -0.2) is 9.91 Å². The number of rotatable bonds is 4. The molecule has 0 atom stereocenters. The van der Waals surface area contributed by atoms with E-state index in [0.717, 1.165) is 16.9 Å². The Morgan fingerprint density at radius 3 is 2.68 bits per heavy atom. The lowest BCUT2D eigenvalue weighted by Crippen LogP contribution is -2.04. The van der Waals surface area contributed by atoms with Gasteiger partial charge in [0.2, 0.25) is 0 Å². The van der Waals surface area contributed by atoms with Crippen molar-refractivity contribution < 1.29 is 4.92 Å². The summed E-state index contributed by atoms with van der Waals surface area (Å²) in [5.74, 6) is 0. The van der Waals surface area contributed by atoms with Crippen LogP contribution in [0.3, 0.4) is 0 Å². The Bertz CT molecular complexity index is 611. The highest BCUT2D eigenvalue weighted by Gasteiger charge is 2.10. The van der Waals surface area contributed by atoms with Crippen LogP contribution in [0.4, 0.5) is 11.4 Å². The molecule has 98 valence electrons. The molecule has 0 aliphatic heterocycles. The Hall–Kier alpha value is -2.43. The molecular formula is C14H15N3O2. The second kappa shape index (κ2) is 5.48. The average molecular weight is 257 g/mol. The Morgan fingerprint density at radius 2 is 2.05 bits per heavy atom. The summed E-state index contributed by atoms with van der Waals surface area (Å²) >= 11 is 0. The predicted octanol–water partition coefficient (Wildman–Crippen LogP) is 3.22. The number of nitrogens with zero attached hydrogens (tertiary/aromatic N) is 2. The van der Waals surface area contributed by atoms with Crippen LogP contribution in [-0.2, 0) is 6.54 Å². The van der Waals surface area contributed by atoms with E-state index in [4.69, 9.17) is 0 Å². The minimum absolute atomic E-state index is 0.138. The fourth-order valence-electron chi connectivity index (χ4n) is 1.86. The van der Waals surface area contributed by atoms with Gasteiger partial charge in [0.15, 0.2) is 0 Å². The van der Waals surface area contributed by atoms with Crippen molar-refractivity contribution in [2.75, 3.05) is 5.32 Å². The summed E-state index contributed by atoms with van der Waals surface area (Å²) in [6.45, 7) is 4.34. The summed E-state index contributed by atoms with van der Waals surface area (Å²) in [5.41, 5.74) is 3.73. The first-order valence-corrected chi connectivity index (χ1v) is 5.97. The zero-order chi connectivity index (χ0) is 13.8. The fraction of sp³-hybridized carbons (Fsp3) is 0.214. The van der Waals surface area contributed by atoms with Gasteiger partial charge in [0, 0.05) is 23.5 Å². The lowest BCUT2D eigenvalue weighted by molar-refractivity contribution is -0.385. The standard InChI is InChI=1S/C14H15N3O2/c1-10-4-3-7-15-13(10)9-16-12-5-6-14(17(18)19)11(2)8-12/h3-8,16H,9H2,1-2H3. The second-order valence-electron chi connectivity index (χ2n) is 4.38. The van der Waals surface area contributed by atoms with Crippen LogP contribution in [0, 0.1) is 24.0 Å². The topological polar surface area (TPSA) is 68.1 Å². The molecule has 5 nitrogen and oxygen atoms in total. The molecule has 0 aliphatic rings. The Balaban J connectivity index is 2.11. The van der Waals surface area contributed by atoms with Crippen molar-refractivity contribution in [2.24, 2.45) is 0 Å². The molecule has 0 bridgehead atoms. The molecule has 1 N–H and O–H groups in total. The molecule has 0 fully saturated rings. The van der Waals surface area contributed by atoms with Crippen molar-refractivity contribution >= 4 is 11.4 Å². The van der Waals surface area contributed by atoms with Gasteiger partial charge in [0.1, 0.15) is 0 Å². The number of nitrogens with one attached hydrogen (secondary N) is 1. The third-order valence-corrected chi connectivity index (χ3v) is 2.97. The van der Waals surface area contributed by atoms with Crippen molar-refractivity contribution in [3.63, 3.8) is 0 Å². The van der Waals surface area contributed by atoms with E-state index in [2.05, 4.69) is 10.3 Å². The molecule has 1 heterocycles. The highest BCUT2D eigenvalue weighted by Crippen LogP contribution is 2.21. The Labute approximate surface area is 111 Å². The van der Waals surface area contributed by atoms with Gasteiger partial charge in [0.05, 0.1) is 17.2 Å². The van der Waals surface area contributed by atoms with Crippen LogP contribution in [0.15, 0.2) is 36.5 Å².